The summed E-state index contributed by atoms with van der Waals surface area (Å²) in [7, 11) is 0. The van der Waals surface area contributed by atoms with Gasteiger partial charge in [-0.05, 0) is 37.3 Å². The third-order valence-electron chi connectivity index (χ3n) is 2.81. The second-order valence-corrected chi connectivity index (χ2v) is 4.60. The van der Waals surface area contributed by atoms with Crippen LogP contribution in [0.15, 0.2) is 36.5 Å². The van der Waals surface area contributed by atoms with Gasteiger partial charge in [0.05, 0.1) is 5.56 Å². The van der Waals surface area contributed by atoms with Crippen molar-refractivity contribution in [3.63, 3.8) is 0 Å². The van der Waals surface area contributed by atoms with Gasteiger partial charge in [-0.1, -0.05) is 11.6 Å². The van der Waals surface area contributed by atoms with Crippen LogP contribution in [0.5, 0.6) is 0 Å². The molecule has 1 amide bonds. The van der Waals surface area contributed by atoms with Gasteiger partial charge in [-0.3, -0.25) is 4.79 Å². The number of carboxylic acids is 1. The molecule has 0 saturated heterocycles. The van der Waals surface area contributed by atoms with Crippen LogP contribution in [0.25, 0.3) is 0 Å². The summed E-state index contributed by atoms with van der Waals surface area (Å²) < 4.78 is 1.79. The molecule has 104 valence electrons. The molecular formula is C14H13ClN2O3. The number of hydrogen-bond donors (Lipinski definition) is 2. The first-order valence-corrected chi connectivity index (χ1v) is 6.39. The Morgan fingerprint density at radius 2 is 2.10 bits per heavy atom. The van der Waals surface area contributed by atoms with Crippen LogP contribution in [-0.4, -0.2) is 21.6 Å². The van der Waals surface area contributed by atoms with E-state index in [1.165, 1.54) is 18.2 Å². The van der Waals surface area contributed by atoms with E-state index in [4.69, 9.17) is 16.7 Å². The number of rotatable bonds is 4. The van der Waals surface area contributed by atoms with Gasteiger partial charge in [0.2, 0.25) is 0 Å². The highest BCUT2D eigenvalue weighted by Crippen LogP contribution is 2.20. The predicted molar refractivity (Wildman–Crippen MR) is 76.5 cm³/mol. The summed E-state index contributed by atoms with van der Waals surface area (Å²) in [5, 5.41) is 11.9. The second-order valence-electron chi connectivity index (χ2n) is 4.17. The fraction of sp³-hybridized carbons (Fsp3) is 0.143. The van der Waals surface area contributed by atoms with Gasteiger partial charge < -0.3 is 15.0 Å². The number of aryl methyl sites for hydroxylation is 1. The third kappa shape index (κ3) is 3.00. The van der Waals surface area contributed by atoms with Gasteiger partial charge in [0.15, 0.2) is 0 Å². The van der Waals surface area contributed by atoms with Gasteiger partial charge in [-0.2, -0.15) is 0 Å². The number of halogens is 1. The Balaban J connectivity index is 2.26. The lowest BCUT2D eigenvalue weighted by molar-refractivity contribution is 0.0696. The Bertz CT molecular complexity index is 664. The van der Waals surface area contributed by atoms with Crippen molar-refractivity contribution >= 4 is 29.2 Å². The fourth-order valence-electron chi connectivity index (χ4n) is 1.88. The molecule has 1 aromatic carbocycles. The molecule has 0 radical (unpaired) electrons. The second kappa shape index (κ2) is 5.79. The lowest BCUT2D eigenvalue weighted by Gasteiger charge is -2.09. The fourth-order valence-corrected chi connectivity index (χ4v) is 2.11. The highest BCUT2D eigenvalue weighted by atomic mass is 35.5. The van der Waals surface area contributed by atoms with E-state index in [9.17, 15) is 9.59 Å². The van der Waals surface area contributed by atoms with Crippen LogP contribution in [0.4, 0.5) is 5.69 Å². The molecule has 5 nitrogen and oxygen atoms in total. The molecule has 0 fully saturated rings. The average Bonchev–Trinajstić information content (AvgIpc) is 2.86. The van der Waals surface area contributed by atoms with E-state index < -0.39 is 5.97 Å². The number of carbonyl (C=O) groups excluding carboxylic acids is 1. The lowest BCUT2D eigenvalue weighted by atomic mass is 10.2. The number of anilines is 1. The van der Waals surface area contributed by atoms with Crippen molar-refractivity contribution < 1.29 is 14.7 Å². The Morgan fingerprint density at radius 1 is 1.35 bits per heavy atom. The van der Waals surface area contributed by atoms with E-state index in [1.54, 1.807) is 22.9 Å². The zero-order valence-corrected chi connectivity index (χ0v) is 11.5. The number of nitrogens with zero attached hydrogens (tertiary/aromatic N) is 1. The van der Waals surface area contributed by atoms with Crippen molar-refractivity contribution in [1.82, 2.24) is 4.57 Å². The van der Waals surface area contributed by atoms with Gasteiger partial charge in [0.25, 0.3) is 5.91 Å². The molecule has 0 spiro atoms. The molecular weight excluding hydrogens is 280 g/mol. The maximum atomic E-state index is 12.1. The minimum absolute atomic E-state index is 0.0266. The van der Waals surface area contributed by atoms with Gasteiger partial charge in [-0.15, -0.1) is 0 Å². The molecule has 0 aliphatic carbocycles. The third-order valence-corrected chi connectivity index (χ3v) is 3.02. The van der Waals surface area contributed by atoms with Crippen LogP contribution in [0.2, 0.25) is 5.02 Å². The first-order chi connectivity index (χ1) is 9.51. The smallest absolute Gasteiger partial charge is 0.335 e. The molecule has 0 atom stereocenters. The molecule has 1 aromatic heterocycles. The Kier molecular flexibility index (Phi) is 4.10. The zero-order valence-electron chi connectivity index (χ0n) is 10.8. The van der Waals surface area contributed by atoms with Crippen molar-refractivity contribution in [2.24, 2.45) is 0 Å². The molecule has 2 N–H and O–H groups in total. The quantitative estimate of drug-likeness (QED) is 0.909. The van der Waals surface area contributed by atoms with E-state index in [0.717, 1.165) is 0 Å². The first-order valence-electron chi connectivity index (χ1n) is 6.01. The first kappa shape index (κ1) is 14.1. The number of benzene rings is 1. The summed E-state index contributed by atoms with van der Waals surface area (Å²) >= 11 is 5.84. The highest BCUT2D eigenvalue weighted by molar-refractivity contribution is 6.31. The SMILES string of the molecule is CCn1cccc1C(=O)Nc1cc(Cl)cc(C(=O)O)c1. The topological polar surface area (TPSA) is 71.3 Å². The summed E-state index contributed by atoms with van der Waals surface area (Å²) in [4.78, 5) is 23.1. The van der Waals surface area contributed by atoms with Crippen LogP contribution >= 0.6 is 11.6 Å². The minimum Gasteiger partial charge on any atom is -0.478 e. The Labute approximate surface area is 120 Å². The number of amides is 1. The van der Waals surface area contributed by atoms with E-state index in [0.29, 0.717) is 17.9 Å². The molecule has 20 heavy (non-hydrogen) atoms. The number of nitrogens with one attached hydrogen (secondary N) is 1. The highest BCUT2D eigenvalue weighted by Gasteiger charge is 2.12. The van der Waals surface area contributed by atoms with E-state index in [2.05, 4.69) is 5.32 Å². The summed E-state index contributed by atoms with van der Waals surface area (Å²) in [5.41, 5.74) is 0.881. The van der Waals surface area contributed by atoms with Crippen LogP contribution in [-0.2, 0) is 6.54 Å². The number of aromatic carboxylic acids is 1. The summed E-state index contributed by atoms with van der Waals surface area (Å²) in [5.74, 6) is -1.41. The number of aromatic nitrogens is 1. The summed E-state index contributed by atoms with van der Waals surface area (Å²) in [6.45, 7) is 2.60. The van der Waals surface area contributed by atoms with Gasteiger partial charge in [-0.25, -0.2) is 4.79 Å². The molecule has 6 heteroatoms. The van der Waals surface area contributed by atoms with E-state index in [1.807, 2.05) is 6.92 Å². The van der Waals surface area contributed by atoms with Crippen molar-refractivity contribution in [3.8, 4) is 0 Å². The number of hydrogen-bond acceptors (Lipinski definition) is 2. The van der Waals surface area contributed by atoms with Gasteiger partial charge >= 0.3 is 5.97 Å². The Morgan fingerprint density at radius 3 is 2.75 bits per heavy atom. The van der Waals surface area contributed by atoms with Crippen LogP contribution in [0.1, 0.15) is 27.8 Å². The Hall–Kier alpha value is -2.27. The van der Waals surface area contributed by atoms with Crippen molar-refractivity contribution in [1.29, 1.82) is 0 Å². The molecule has 0 saturated carbocycles. The normalized spacial score (nSPS) is 10.3. The molecule has 1 heterocycles. The van der Waals surface area contributed by atoms with Crippen LogP contribution in [0.3, 0.4) is 0 Å². The number of carbonyl (C=O) groups is 2. The summed E-state index contributed by atoms with van der Waals surface area (Å²) in [6.07, 6.45) is 1.80. The van der Waals surface area contributed by atoms with Crippen LogP contribution in [0, 0.1) is 0 Å². The maximum absolute atomic E-state index is 12.1. The molecule has 2 aromatic rings. The average molecular weight is 293 g/mol. The van der Waals surface area contributed by atoms with Crippen molar-refractivity contribution in [2.45, 2.75) is 13.5 Å². The minimum atomic E-state index is -1.10. The van der Waals surface area contributed by atoms with Crippen molar-refractivity contribution in [3.05, 3.63) is 52.8 Å². The molecule has 0 unspecified atom stereocenters. The predicted octanol–water partition coefficient (Wildman–Crippen LogP) is 3.11. The van der Waals surface area contributed by atoms with Gasteiger partial charge in [0.1, 0.15) is 5.69 Å². The van der Waals surface area contributed by atoms with Crippen LogP contribution < -0.4 is 5.32 Å². The lowest BCUT2D eigenvalue weighted by Crippen LogP contribution is -2.16. The molecule has 0 bridgehead atoms. The van der Waals surface area contributed by atoms with Crippen molar-refractivity contribution in [2.75, 3.05) is 5.32 Å². The standard InChI is InChI=1S/C14H13ClN2O3/c1-2-17-5-3-4-12(17)13(18)16-11-7-9(14(19)20)6-10(15)8-11/h3-8H,2H2,1H3,(H,16,18)(H,19,20). The summed E-state index contributed by atoms with van der Waals surface area (Å²) in [6, 6.07) is 7.67. The molecule has 2 rings (SSSR count). The number of carboxylic acid groups (broad SMARTS) is 1. The molecule has 0 aliphatic heterocycles. The monoisotopic (exact) mass is 292 g/mol. The zero-order chi connectivity index (χ0) is 14.7. The van der Waals surface area contributed by atoms with E-state index >= 15 is 0 Å². The largest absolute Gasteiger partial charge is 0.478 e. The molecule has 0 aliphatic rings. The van der Waals surface area contributed by atoms with E-state index in [-0.39, 0.29) is 16.5 Å². The maximum Gasteiger partial charge on any atom is 0.335 e. The van der Waals surface area contributed by atoms with Gasteiger partial charge in [0, 0.05) is 23.5 Å².